The van der Waals surface area contributed by atoms with Gasteiger partial charge in [0.05, 0.1) is 5.54 Å². The lowest BCUT2D eigenvalue weighted by molar-refractivity contribution is 0.123. The first-order chi connectivity index (χ1) is 6.33. The summed E-state index contributed by atoms with van der Waals surface area (Å²) in [7, 11) is 0. The average molecular weight is 199 g/mol. The maximum Gasteiger partial charge on any atom is 0.214 e. The van der Waals surface area contributed by atoms with E-state index in [0.717, 1.165) is 0 Å². The van der Waals surface area contributed by atoms with Crippen LogP contribution in [0.15, 0.2) is 4.99 Å². The fraction of sp³-hybridized carbons (Fsp3) is 0.909. The minimum absolute atomic E-state index is 0.174. The van der Waals surface area contributed by atoms with Gasteiger partial charge in [0.15, 0.2) is 0 Å². The van der Waals surface area contributed by atoms with Crippen LogP contribution in [-0.2, 0) is 4.74 Å². The predicted molar refractivity (Wildman–Crippen MR) is 57.5 cm³/mol. The van der Waals surface area contributed by atoms with Crippen molar-refractivity contribution in [2.45, 2.75) is 46.3 Å². The van der Waals surface area contributed by atoms with Gasteiger partial charge in [0, 0.05) is 0 Å². The highest BCUT2D eigenvalue weighted by molar-refractivity contribution is 5.82. The number of rotatable bonds is 3. The normalized spacial score (nSPS) is 24.4. The Hall–Kier alpha value is -0.570. The summed E-state index contributed by atoms with van der Waals surface area (Å²) in [6.45, 7) is 10.8. The zero-order valence-corrected chi connectivity index (χ0v) is 9.74. The minimum Gasteiger partial charge on any atom is -0.477 e. The summed E-state index contributed by atoms with van der Waals surface area (Å²) in [5, 5.41) is 9.96. The van der Waals surface area contributed by atoms with E-state index in [-0.39, 0.29) is 11.5 Å². The Labute approximate surface area is 86.2 Å². The van der Waals surface area contributed by atoms with Gasteiger partial charge in [0.25, 0.3) is 0 Å². The first-order valence-corrected chi connectivity index (χ1v) is 5.24. The van der Waals surface area contributed by atoms with Crippen molar-refractivity contribution in [3.8, 4) is 0 Å². The van der Waals surface area contributed by atoms with Gasteiger partial charge in [-0.3, -0.25) is 0 Å². The number of aliphatic imine (C=N–C) groups is 1. The van der Waals surface area contributed by atoms with Crippen molar-refractivity contribution in [3.63, 3.8) is 0 Å². The number of hydrogen-bond donors (Lipinski definition) is 1. The lowest BCUT2D eigenvalue weighted by atomic mass is 9.92. The number of hydrogen-bond acceptors (Lipinski definition) is 3. The molecule has 0 spiro atoms. The molecule has 0 aromatic carbocycles. The summed E-state index contributed by atoms with van der Waals surface area (Å²) < 4.78 is 5.40. The Morgan fingerprint density at radius 1 is 1.36 bits per heavy atom. The van der Waals surface area contributed by atoms with Gasteiger partial charge < -0.3 is 9.84 Å². The minimum atomic E-state index is -0.559. The summed E-state index contributed by atoms with van der Waals surface area (Å²) in [5.41, 5.74) is -0.174. The van der Waals surface area contributed by atoms with Crippen molar-refractivity contribution in [2.75, 3.05) is 6.61 Å². The molecule has 0 aromatic rings. The van der Waals surface area contributed by atoms with Gasteiger partial charge in [-0.25, -0.2) is 4.99 Å². The molecular formula is C11H21NO2. The molecule has 82 valence electrons. The van der Waals surface area contributed by atoms with E-state index in [1.807, 2.05) is 20.8 Å². The second-order valence-corrected chi connectivity index (χ2v) is 5.10. The Kier molecular flexibility index (Phi) is 3.20. The SMILES string of the molecule is CC(C)C(C)C(O)C1=NC(C)(C)CO1. The first-order valence-electron chi connectivity index (χ1n) is 5.24. The molecule has 3 nitrogen and oxygen atoms in total. The molecule has 1 N–H and O–H groups in total. The summed E-state index contributed by atoms with van der Waals surface area (Å²) in [6, 6.07) is 0. The van der Waals surface area contributed by atoms with Crippen molar-refractivity contribution in [1.29, 1.82) is 0 Å². The van der Waals surface area contributed by atoms with Crippen LogP contribution in [0, 0.1) is 11.8 Å². The molecule has 2 atom stereocenters. The smallest absolute Gasteiger partial charge is 0.214 e. The van der Waals surface area contributed by atoms with Crippen LogP contribution in [-0.4, -0.2) is 29.3 Å². The Morgan fingerprint density at radius 2 is 1.93 bits per heavy atom. The molecule has 14 heavy (non-hydrogen) atoms. The van der Waals surface area contributed by atoms with E-state index in [4.69, 9.17) is 4.74 Å². The quantitative estimate of drug-likeness (QED) is 0.753. The molecule has 1 aliphatic rings. The van der Waals surface area contributed by atoms with E-state index in [9.17, 15) is 5.11 Å². The van der Waals surface area contributed by atoms with Crippen LogP contribution in [0.5, 0.6) is 0 Å². The molecule has 0 saturated heterocycles. The van der Waals surface area contributed by atoms with Gasteiger partial charge in [0.1, 0.15) is 12.7 Å². The summed E-state index contributed by atoms with van der Waals surface area (Å²) >= 11 is 0. The lowest BCUT2D eigenvalue weighted by Gasteiger charge is -2.21. The Morgan fingerprint density at radius 3 is 2.29 bits per heavy atom. The van der Waals surface area contributed by atoms with Crippen LogP contribution in [0.3, 0.4) is 0 Å². The standard InChI is InChI=1S/C11H21NO2/c1-7(2)8(3)9(13)10-12-11(4,5)6-14-10/h7-9,13H,6H2,1-5H3. The highest BCUT2D eigenvalue weighted by Crippen LogP contribution is 2.23. The average Bonchev–Trinajstić information content (AvgIpc) is 2.43. The highest BCUT2D eigenvalue weighted by Gasteiger charge is 2.33. The second-order valence-electron chi connectivity index (χ2n) is 5.10. The highest BCUT2D eigenvalue weighted by atomic mass is 16.5. The third-order valence-corrected chi connectivity index (χ3v) is 2.79. The first kappa shape index (κ1) is 11.5. The van der Waals surface area contributed by atoms with Crippen LogP contribution in [0.4, 0.5) is 0 Å². The summed E-state index contributed by atoms with van der Waals surface area (Å²) in [5.74, 6) is 1.12. The largest absolute Gasteiger partial charge is 0.477 e. The molecular weight excluding hydrogens is 178 g/mol. The second kappa shape index (κ2) is 3.89. The van der Waals surface area contributed by atoms with E-state index in [1.54, 1.807) is 0 Å². The van der Waals surface area contributed by atoms with Gasteiger partial charge in [0.2, 0.25) is 5.90 Å². The molecule has 2 unspecified atom stereocenters. The van der Waals surface area contributed by atoms with Crippen LogP contribution in [0.1, 0.15) is 34.6 Å². The zero-order chi connectivity index (χ0) is 10.9. The van der Waals surface area contributed by atoms with E-state index >= 15 is 0 Å². The fourth-order valence-corrected chi connectivity index (χ4v) is 1.35. The predicted octanol–water partition coefficient (Wildman–Crippen LogP) is 1.85. The molecule has 0 fully saturated rings. The van der Waals surface area contributed by atoms with Gasteiger partial charge in [-0.2, -0.15) is 0 Å². The van der Waals surface area contributed by atoms with Gasteiger partial charge >= 0.3 is 0 Å². The Balaban J connectivity index is 2.67. The summed E-state index contributed by atoms with van der Waals surface area (Å²) in [4.78, 5) is 4.37. The van der Waals surface area contributed by atoms with Gasteiger partial charge in [-0.05, 0) is 25.7 Å². The van der Waals surface area contributed by atoms with Gasteiger partial charge in [-0.15, -0.1) is 0 Å². The van der Waals surface area contributed by atoms with Crippen molar-refractivity contribution >= 4 is 5.90 Å². The van der Waals surface area contributed by atoms with E-state index in [0.29, 0.717) is 18.4 Å². The van der Waals surface area contributed by atoms with Crippen molar-refractivity contribution < 1.29 is 9.84 Å². The molecule has 1 rings (SSSR count). The number of aliphatic hydroxyl groups excluding tert-OH is 1. The maximum absolute atomic E-state index is 9.96. The molecule has 1 heterocycles. The molecule has 0 saturated carbocycles. The Bertz CT molecular complexity index is 233. The van der Waals surface area contributed by atoms with E-state index in [2.05, 4.69) is 18.8 Å². The van der Waals surface area contributed by atoms with E-state index in [1.165, 1.54) is 0 Å². The van der Waals surface area contributed by atoms with Crippen molar-refractivity contribution in [2.24, 2.45) is 16.8 Å². The zero-order valence-electron chi connectivity index (χ0n) is 9.74. The molecule has 3 heteroatoms. The molecule has 1 aliphatic heterocycles. The molecule has 0 radical (unpaired) electrons. The van der Waals surface area contributed by atoms with Crippen LogP contribution in [0.2, 0.25) is 0 Å². The van der Waals surface area contributed by atoms with Crippen molar-refractivity contribution in [1.82, 2.24) is 0 Å². The topological polar surface area (TPSA) is 41.8 Å². The number of ether oxygens (including phenoxy) is 1. The maximum atomic E-state index is 9.96. The number of nitrogens with zero attached hydrogens (tertiary/aromatic N) is 1. The van der Waals surface area contributed by atoms with Crippen molar-refractivity contribution in [3.05, 3.63) is 0 Å². The molecule has 0 aliphatic carbocycles. The molecule has 0 amide bonds. The van der Waals surface area contributed by atoms with E-state index < -0.39 is 6.10 Å². The number of aliphatic hydroxyl groups is 1. The van der Waals surface area contributed by atoms with Gasteiger partial charge in [-0.1, -0.05) is 20.8 Å². The van der Waals surface area contributed by atoms with Crippen LogP contribution in [0.25, 0.3) is 0 Å². The summed E-state index contributed by atoms with van der Waals surface area (Å²) in [6.07, 6.45) is -0.559. The van der Waals surface area contributed by atoms with Crippen LogP contribution >= 0.6 is 0 Å². The van der Waals surface area contributed by atoms with Crippen LogP contribution < -0.4 is 0 Å². The third-order valence-electron chi connectivity index (χ3n) is 2.79. The molecule has 0 aromatic heterocycles. The third kappa shape index (κ3) is 2.47. The fourth-order valence-electron chi connectivity index (χ4n) is 1.35. The monoisotopic (exact) mass is 199 g/mol. The molecule has 0 bridgehead atoms. The lowest BCUT2D eigenvalue weighted by Crippen LogP contribution is -2.31.